The minimum atomic E-state index is -0.213. The Labute approximate surface area is 86.8 Å². The van der Waals surface area contributed by atoms with Crippen molar-refractivity contribution in [1.29, 1.82) is 0 Å². The molecule has 0 N–H and O–H groups in total. The molecule has 0 saturated carbocycles. The second-order valence-electron chi connectivity index (χ2n) is 4.30. The van der Waals surface area contributed by atoms with Crippen LogP contribution in [-0.4, -0.2) is 23.5 Å². The van der Waals surface area contributed by atoms with E-state index in [9.17, 15) is 0 Å². The maximum atomic E-state index is 2.57. The molecule has 0 atom stereocenters. The van der Waals surface area contributed by atoms with Crippen LogP contribution in [0.3, 0.4) is 0 Å². The molecule has 0 radical (unpaired) electrons. The second kappa shape index (κ2) is 7.73. The van der Waals surface area contributed by atoms with Crippen molar-refractivity contribution in [3.63, 3.8) is 0 Å². The van der Waals surface area contributed by atoms with Gasteiger partial charge >= 0.3 is 0 Å². The first-order valence-electron chi connectivity index (χ1n) is 5.90. The Morgan fingerprint density at radius 2 is 1.15 bits per heavy atom. The number of rotatable bonds is 8. The van der Waals surface area contributed by atoms with E-state index >= 15 is 0 Å². The van der Waals surface area contributed by atoms with Crippen molar-refractivity contribution in [1.82, 2.24) is 0 Å². The highest BCUT2D eigenvalue weighted by molar-refractivity contribution is 8.33. The van der Waals surface area contributed by atoms with E-state index < -0.39 is 0 Å². The molecule has 0 aromatic heterocycles. The summed E-state index contributed by atoms with van der Waals surface area (Å²) >= 11 is 0. The fraction of sp³-hybridized carbons (Fsp3) is 1.00. The summed E-state index contributed by atoms with van der Waals surface area (Å²) in [6.45, 7) is 6.96. The van der Waals surface area contributed by atoms with E-state index in [4.69, 9.17) is 0 Å². The van der Waals surface area contributed by atoms with E-state index in [-0.39, 0.29) is 10.0 Å². The molecule has 0 aliphatic rings. The summed E-state index contributed by atoms with van der Waals surface area (Å²) in [6.07, 6.45) is 9.61. The van der Waals surface area contributed by atoms with Crippen molar-refractivity contribution in [2.75, 3.05) is 23.5 Å². The molecule has 0 fully saturated rings. The van der Waals surface area contributed by atoms with Gasteiger partial charge in [-0.2, -0.15) is 0 Å². The maximum absolute atomic E-state index is 2.57. The highest BCUT2D eigenvalue weighted by Crippen LogP contribution is 2.46. The van der Waals surface area contributed by atoms with Crippen molar-refractivity contribution >= 4 is 10.0 Å². The first kappa shape index (κ1) is 13.4. The van der Waals surface area contributed by atoms with Crippen LogP contribution < -0.4 is 0 Å². The third-order valence-corrected chi connectivity index (χ3v) is 6.62. The average Bonchev–Trinajstić information content (AvgIpc) is 2.12. The van der Waals surface area contributed by atoms with E-state index in [1.807, 2.05) is 0 Å². The minimum absolute atomic E-state index is 0.213. The molecule has 82 valence electrons. The first-order valence-corrected chi connectivity index (χ1v) is 8.44. The van der Waals surface area contributed by atoms with Gasteiger partial charge in [-0.05, 0) is 42.8 Å². The lowest BCUT2D eigenvalue weighted by Crippen LogP contribution is -2.11. The quantitative estimate of drug-likeness (QED) is 0.548. The Bertz CT molecular complexity index is 102. The minimum Gasteiger partial charge on any atom is -0.244 e. The first-order chi connectivity index (χ1) is 6.18. The zero-order valence-corrected chi connectivity index (χ0v) is 10.9. The fourth-order valence-electron chi connectivity index (χ4n) is 1.78. The molecular weight excluding hydrogens is 176 g/mol. The van der Waals surface area contributed by atoms with Gasteiger partial charge in [-0.25, -0.2) is 10.0 Å². The van der Waals surface area contributed by atoms with E-state index in [2.05, 4.69) is 27.0 Å². The van der Waals surface area contributed by atoms with Gasteiger partial charge in [-0.1, -0.05) is 33.6 Å². The highest BCUT2D eigenvalue weighted by Gasteiger charge is 2.15. The van der Waals surface area contributed by atoms with Crippen LogP contribution in [-0.2, 0) is 0 Å². The molecule has 0 aromatic rings. The van der Waals surface area contributed by atoms with Gasteiger partial charge in [0.1, 0.15) is 0 Å². The monoisotopic (exact) mass is 204 g/mol. The summed E-state index contributed by atoms with van der Waals surface area (Å²) in [5, 5.41) is 0. The Morgan fingerprint density at radius 1 is 0.692 bits per heavy atom. The molecule has 0 amide bonds. The molecule has 0 aromatic carbocycles. The molecule has 0 nitrogen and oxygen atoms in total. The normalized spacial score (nSPS) is 13.2. The predicted molar refractivity (Wildman–Crippen MR) is 68.2 cm³/mol. The lowest BCUT2D eigenvalue weighted by Gasteiger charge is -2.36. The van der Waals surface area contributed by atoms with Gasteiger partial charge < -0.3 is 0 Å². The smallest absolute Gasteiger partial charge is 0.0230 e. The Kier molecular flexibility index (Phi) is 7.93. The van der Waals surface area contributed by atoms with E-state index in [1.165, 1.54) is 49.4 Å². The van der Waals surface area contributed by atoms with Crippen LogP contribution in [0.25, 0.3) is 0 Å². The molecule has 1 heteroatoms. The van der Waals surface area contributed by atoms with Gasteiger partial charge in [-0.3, -0.25) is 0 Å². The zero-order chi connectivity index (χ0) is 10.2. The van der Waals surface area contributed by atoms with Crippen molar-refractivity contribution < 1.29 is 0 Å². The molecule has 13 heavy (non-hydrogen) atoms. The summed E-state index contributed by atoms with van der Waals surface area (Å²) in [5.74, 6) is 4.56. The molecule has 0 rings (SSSR count). The van der Waals surface area contributed by atoms with Crippen molar-refractivity contribution in [2.24, 2.45) is 0 Å². The van der Waals surface area contributed by atoms with Gasteiger partial charge in [-0.15, -0.1) is 0 Å². The van der Waals surface area contributed by atoms with Crippen LogP contribution in [0.2, 0.25) is 0 Å². The molecule has 0 spiro atoms. The van der Waals surface area contributed by atoms with Crippen LogP contribution in [0.15, 0.2) is 0 Å². The van der Waals surface area contributed by atoms with Crippen LogP contribution in [0.4, 0.5) is 0 Å². The number of hydrogen-bond acceptors (Lipinski definition) is 0. The summed E-state index contributed by atoms with van der Waals surface area (Å²) in [4.78, 5) is 0. The third kappa shape index (κ3) is 6.42. The number of unbranched alkanes of at least 4 members (excludes halogenated alkanes) is 2. The van der Waals surface area contributed by atoms with E-state index in [0.29, 0.717) is 0 Å². The summed E-state index contributed by atoms with van der Waals surface area (Å²) < 4.78 is 0. The van der Waals surface area contributed by atoms with Gasteiger partial charge in [0.2, 0.25) is 0 Å². The Morgan fingerprint density at radius 3 is 1.46 bits per heavy atom. The van der Waals surface area contributed by atoms with Crippen LogP contribution in [0.1, 0.15) is 52.9 Å². The molecule has 0 bridgehead atoms. The van der Waals surface area contributed by atoms with Crippen LogP contribution >= 0.6 is 10.0 Å². The van der Waals surface area contributed by atoms with Crippen molar-refractivity contribution in [2.45, 2.75) is 52.9 Å². The number of hydrogen-bond donors (Lipinski definition) is 0. The molecule has 0 aliphatic carbocycles. The van der Waals surface area contributed by atoms with E-state index in [1.54, 1.807) is 0 Å². The third-order valence-electron chi connectivity index (χ3n) is 2.68. The second-order valence-corrected chi connectivity index (χ2v) is 8.48. The summed E-state index contributed by atoms with van der Waals surface area (Å²) in [7, 11) is -0.213. The van der Waals surface area contributed by atoms with Gasteiger partial charge in [0.05, 0.1) is 0 Å². The highest BCUT2D eigenvalue weighted by atomic mass is 32.3. The van der Waals surface area contributed by atoms with Gasteiger partial charge in [0.25, 0.3) is 0 Å². The van der Waals surface area contributed by atoms with Crippen LogP contribution in [0, 0.1) is 0 Å². The molecule has 0 aliphatic heterocycles. The predicted octanol–water partition coefficient (Wildman–Crippen LogP) is 4.43. The van der Waals surface area contributed by atoms with E-state index in [0.717, 1.165) is 0 Å². The fourth-order valence-corrected chi connectivity index (χ4v) is 5.35. The maximum Gasteiger partial charge on any atom is -0.0230 e. The molecule has 0 saturated heterocycles. The van der Waals surface area contributed by atoms with Gasteiger partial charge in [0.15, 0.2) is 0 Å². The Balaban J connectivity index is 3.84. The lowest BCUT2D eigenvalue weighted by atomic mass is 10.4. The molecule has 0 unspecified atom stereocenters. The van der Waals surface area contributed by atoms with Gasteiger partial charge in [0, 0.05) is 0 Å². The molecule has 0 heterocycles. The average molecular weight is 204 g/mol. The zero-order valence-electron chi connectivity index (χ0n) is 10.1. The van der Waals surface area contributed by atoms with Crippen LogP contribution in [0.5, 0.6) is 0 Å². The van der Waals surface area contributed by atoms with Crippen molar-refractivity contribution in [3.05, 3.63) is 0 Å². The van der Waals surface area contributed by atoms with Crippen molar-refractivity contribution in [3.8, 4) is 0 Å². The SMILES string of the molecule is CCCCS(C)(CCC)CCCC. The Hall–Kier alpha value is 0.350. The topological polar surface area (TPSA) is 0 Å². The lowest BCUT2D eigenvalue weighted by molar-refractivity contribution is 0.864. The standard InChI is InChI=1S/C12H28S/c1-5-8-11-13(4,10-7-3)12-9-6-2/h5-12H2,1-4H3. The molecular formula is C12H28S. The summed E-state index contributed by atoms with van der Waals surface area (Å²) in [6, 6.07) is 0. The largest absolute Gasteiger partial charge is 0.244 e. The summed E-state index contributed by atoms with van der Waals surface area (Å²) in [5.41, 5.74) is 0.